The van der Waals surface area contributed by atoms with Crippen molar-refractivity contribution < 1.29 is 29.4 Å². The predicted octanol–water partition coefficient (Wildman–Crippen LogP) is 1.18. The molecule has 4 aliphatic rings. The highest BCUT2D eigenvalue weighted by molar-refractivity contribution is 6.33. The summed E-state index contributed by atoms with van der Waals surface area (Å²) in [6.07, 6.45) is 2.35. The average Bonchev–Trinajstić information content (AvgIpc) is 3.32. The SMILES string of the molecule is CC(C)CN1CCCC1c1cc(O)c2c(c1N(C)C)CC1CC3C(N(C)C)C(=O)C(C(N)=O)C(=N)C3(O)C(=O)C1C2=O. The number of aromatic hydroxyl groups is 1. The molecular formula is C31H43N5O6. The van der Waals surface area contributed by atoms with Crippen molar-refractivity contribution in [1.29, 1.82) is 5.41 Å². The van der Waals surface area contributed by atoms with Gasteiger partial charge in [-0.1, -0.05) is 13.8 Å². The minimum atomic E-state index is -2.50. The van der Waals surface area contributed by atoms with Gasteiger partial charge in [0.2, 0.25) is 5.91 Å². The lowest BCUT2D eigenvalue weighted by atomic mass is 9.52. The van der Waals surface area contributed by atoms with E-state index in [-0.39, 0.29) is 30.2 Å². The van der Waals surface area contributed by atoms with Crippen LogP contribution >= 0.6 is 0 Å². The van der Waals surface area contributed by atoms with E-state index in [0.29, 0.717) is 11.5 Å². The number of phenols is 1. The van der Waals surface area contributed by atoms with E-state index < -0.39 is 64.3 Å². The van der Waals surface area contributed by atoms with Crippen molar-refractivity contribution in [3.05, 3.63) is 22.8 Å². The van der Waals surface area contributed by atoms with Crippen molar-refractivity contribution in [3.63, 3.8) is 0 Å². The average molecular weight is 582 g/mol. The Labute approximate surface area is 246 Å². The number of fused-ring (bicyclic) bond motifs is 3. The van der Waals surface area contributed by atoms with Crippen LogP contribution in [-0.2, 0) is 20.8 Å². The summed E-state index contributed by atoms with van der Waals surface area (Å²) in [4.78, 5) is 59.9. The molecule has 5 N–H and O–H groups in total. The normalized spacial score (nSPS) is 33.2. The molecule has 2 saturated carbocycles. The van der Waals surface area contributed by atoms with Gasteiger partial charge in [-0.2, -0.15) is 0 Å². The van der Waals surface area contributed by atoms with Gasteiger partial charge in [0.25, 0.3) is 0 Å². The number of nitrogens with zero attached hydrogens (tertiary/aromatic N) is 3. The molecule has 11 nitrogen and oxygen atoms in total. The van der Waals surface area contributed by atoms with Crippen LogP contribution in [0.2, 0.25) is 0 Å². The summed E-state index contributed by atoms with van der Waals surface area (Å²) in [6.45, 7) is 6.21. The first-order valence-electron chi connectivity index (χ1n) is 14.8. The van der Waals surface area contributed by atoms with Crippen LogP contribution in [0.1, 0.15) is 60.6 Å². The molecule has 1 aromatic rings. The number of likely N-dealkylation sites (N-methyl/N-ethyl adjacent to an activating group) is 1. The molecule has 0 radical (unpaired) electrons. The second-order valence-electron chi connectivity index (χ2n) is 13.5. The van der Waals surface area contributed by atoms with E-state index >= 15 is 0 Å². The molecule has 0 bridgehead atoms. The van der Waals surface area contributed by atoms with Crippen molar-refractivity contribution in [2.24, 2.45) is 35.3 Å². The zero-order chi connectivity index (χ0) is 31.0. The van der Waals surface area contributed by atoms with Crippen molar-refractivity contribution >= 4 is 34.7 Å². The van der Waals surface area contributed by atoms with Crippen molar-refractivity contribution in [3.8, 4) is 5.75 Å². The number of primary amides is 1. The van der Waals surface area contributed by atoms with E-state index in [1.54, 1.807) is 25.1 Å². The van der Waals surface area contributed by atoms with Crippen molar-refractivity contribution in [2.45, 2.75) is 57.2 Å². The van der Waals surface area contributed by atoms with Gasteiger partial charge in [0.1, 0.15) is 11.7 Å². The van der Waals surface area contributed by atoms with E-state index in [2.05, 4.69) is 18.7 Å². The molecular weight excluding hydrogens is 538 g/mol. The largest absolute Gasteiger partial charge is 0.507 e. The number of amides is 1. The molecule has 1 aliphatic heterocycles. The van der Waals surface area contributed by atoms with Gasteiger partial charge in [-0.15, -0.1) is 0 Å². The van der Waals surface area contributed by atoms with Crippen LogP contribution in [0.5, 0.6) is 5.75 Å². The molecule has 5 rings (SSSR count). The third kappa shape index (κ3) is 4.31. The first kappa shape index (κ1) is 30.3. The summed E-state index contributed by atoms with van der Waals surface area (Å²) in [5.74, 6) is -7.63. The third-order valence-corrected chi connectivity index (χ3v) is 9.89. The number of Topliss-reactive ketones (excluding diaryl/α,β-unsaturated/α-hetero) is 3. The van der Waals surface area contributed by atoms with Crippen LogP contribution in [0.15, 0.2) is 6.07 Å². The zero-order valence-corrected chi connectivity index (χ0v) is 25.3. The Kier molecular flexibility index (Phi) is 7.60. The van der Waals surface area contributed by atoms with Gasteiger partial charge < -0.3 is 26.3 Å². The Balaban J connectivity index is 1.64. The van der Waals surface area contributed by atoms with Gasteiger partial charge in [0, 0.05) is 38.3 Å². The number of carbonyl (C=O) groups is 4. The number of anilines is 1. The number of nitrogens with two attached hydrogens (primary N) is 1. The van der Waals surface area contributed by atoms with Crippen molar-refractivity contribution in [2.75, 3.05) is 46.2 Å². The molecule has 0 aromatic heterocycles. The Hall–Kier alpha value is -3.15. The lowest BCUT2D eigenvalue weighted by Gasteiger charge is -2.53. The number of ketones is 3. The molecule has 1 amide bonds. The summed E-state index contributed by atoms with van der Waals surface area (Å²) in [7, 11) is 7.05. The zero-order valence-electron chi connectivity index (χ0n) is 25.3. The van der Waals surface area contributed by atoms with E-state index in [1.807, 2.05) is 19.0 Å². The fourth-order valence-electron chi connectivity index (χ4n) is 8.39. The molecule has 228 valence electrons. The second kappa shape index (κ2) is 10.5. The fourth-order valence-corrected chi connectivity index (χ4v) is 8.39. The summed E-state index contributed by atoms with van der Waals surface area (Å²) in [5.41, 5.74) is 4.76. The number of phenolic OH excluding ortho intramolecular Hbond substituents is 1. The van der Waals surface area contributed by atoms with Gasteiger partial charge in [-0.25, -0.2) is 0 Å². The van der Waals surface area contributed by atoms with Crippen LogP contribution in [0.3, 0.4) is 0 Å². The maximum atomic E-state index is 14.2. The quantitative estimate of drug-likeness (QED) is 0.361. The third-order valence-electron chi connectivity index (χ3n) is 9.89. The Morgan fingerprint density at radius 2 is 1.88 bits per heavy atom. The monoisotopic (exact) mass is 581 g/mol. The number of hydrogen-bond donors (Lipinski definition) is 4. The lowest BCUT2D eigenvalue weighted by molar-refractivity contribution is -0.157. The minimum absolute atomic E-state index is 0.0709. The van der Waals surface area contributed by atoms with Gasteiger partial charge in [0.15, 0.2) is 23.0 Å². The number of nitrogens with one attached hydrogen (secondary N) is 1. The number of aliphatic hydroxyl groups is 1. The summed E-state index contributed by atoms with van der Waals surface area (Å²) in [5, 5.41) is 31.9. The minimum Gasteiger partial charge on any atom is -0.507 e. The van der Waals surface area contributed by atoms with Crippen LogP contribution in [-0.4, -0.2) is 102 Å². The van der Waals surface area contributed by atoms with Crippen LogP contribution in [0.4, 0.5) is 5.69 Å². The number of likely N-dealkylation sites (tertiary alicyclic amines) is 1. The molecule has 7 atom stereocenters. The first-order chi connectivity index (χ1) is 19.6. The van der Waals surface area contributed by atoms with Crippen LogP contribution < -0.4 is 10.6 Å². The van der Waals surface area contributed by atoms with E-state index in [0.717, 1.165) is 37.2 Å². The van der Waals surface area contributed by atoms with Crippen molar-refractivity contribution in [1.82, 2.24) is 9.80 Å². The predicted molar refractivity (Wildman–Crippen MR) is 157 cm³/mol. The van der Waals surface area contributed by atoms with E-state index in [1.165, 1.54) is 0 Å². The molecule has 1 heterocycles. The molecule has 7 unspecified atom stereocenters. The number of carbonyl (C=O) groups excluding carboxylic acids is 4. The van der Waals surface area contributed by atoms with Crippen LogP contribution in [0.25, 0.3) is 0 Å². The molecule has 3 aliphatic carbocycles. The number of benzene rings is 1. The summed E-state index contributed by atoms with van der Waals surface area (Å²) < 4.78 is 0. The summed E-state index contributed by atoms with van der Waals surface area (Å²) >= 11 is 0. The topological polar surface area (TPSA) is 168 Å². The van der Waals surface area contributed by atoms with Gasteiger partial charge in [-0.05, 0) is 75.4 Å². The maximum absolute atomic E-state index is 14.2. The molecule has 42 heavy (non-hydrogen) atoms. The molecule has 1 saturated heterocycles. The number of rotatable bonds is 6. The van der Waals surface area contributed by atoms with Gasteiger partial charge in [-0.3, -0.25) is 29.0 Å². The Morgan fingerprint density at radius 3 is 2.45 bits per heavy atom. The summed E-state index contributed by atoms with van der Waals surface area (Å²) in [6, 6.07) is 0.693. The number of hydrogen-bond acceptors (Lipinski definition) is 10. The molecule has 1 aromatic carbocycles. The van der Waals surface area contributed by atoms with Crippen LogP contribution in [0, 0.1) is 35.0 Å². The molecule has 3 fully saturated rings. The molecule has 11 heteroatoms. The standard InChI is InChI=1S/C31H43N5O6/c1-14(2)13-36-9-7-8-19(36)16-12-20(37)22-17(24(16)34(3)4)10-15-11-18-25(35(5)6)27(39)23(30(33)41)28(32)31(18,42)29(40)21(15)26(22)38/h12,14-15,18-19,21,23,25,32,37,42H,7-11,13H2,1-6H3,(H2,33,41). The van der Waals surface area contributed by atoms with E-state index in [4.69, 9.17) is 11.1 Å². The second-order valence-corrected chi connectivity index (χ2v) is 13.5. The Morgan fingerprint density at radius 1 is 1.21 bits per heavy atom. The Bertz CT molecular complexity index is 1370. The van der Waals surface area contributed by atoms with E-state index in [9.17, 15) is 29.4 Å². The molecule has 0 spiro atoms. The van der Waals surface area contributed by atoms with Gasteiger partial charge >= 0.3 is 0 Å². The highest BCUT2D eigenvalue weighted by Crippen LogP contribution is 2.53. The first-order valence-corrected chi connectivity index (χ1v) is 14.8. The maximum Gasteiger partial charge on any atom is 0.233 e. The highest BCUT2D eigenvalue weighted by atomic mass is 16.3. The highest BCUT2D eigenvalue weighted by Gasteiger charge is 2.67. The smallest absolute Gasteiger partial charge is 0.233 e. The van der Waals surface area contributed by atoms with Gasteiger partial charge in [0.05, 0.1) is 23.2 Å². The fraction of sp³-hybridized carbons (Fsp3) is 0.645. The lowest BCUT2D eigenvalue weighted by Crippen LogP contribution is -2.73.